The molecule has 1 aliphatic heterocycles. The Hall–Kier alpha value is -1.23. The van der Waals surface area contributed by atoms with Gasteiger partial charge in [0, 0.05) is 4.47 Å². The molecule has 1 heterocycles. The van der Waals surface area contributed by atoms with Crippen LogP contribution in [0.15, 0.2) is 22.7 Å². The molecule has 0 bridgehead atoms. The van der Waals surface area contributed by atoms with Gasteiger partial charge in [-0.15, -0.1) is 0 Å². The van der Waals surface area contributed by atoms with Crippen LogP contribution in [0.1, 0.15) is 0 Å². The first-order valence-corrected chi connectivity index (χ1v) is 5.26. The van der Waals surface area contributed by atoms with Gasteiger partial charge in [0.1, 0.15) is 12.4 Å². The summed E-state index contributed by atoms with van der Waals surface area (Å²) in [5.74, 6) is 0.424. The zero-order chi connectivity index (χ0) is 10.8. The molecule has 0 aromatic heterocycles. The molecule has 0 amide bonds. The van der Waals surface area contributed by atoms with Crippen molar-refractivity contribution in [2.75, 3.05) is 19.0 Å². The molecule has 1 aromatic carbocycles. The highest BCUT2D eigenvalue weighted by Crippen LogP contribution is 2.31. The minimum Gasteiger partial charge on any atom is -0.489 e. The molecular weight excluding hydrogens is 262 g/mol. The third kappa shape index (κ3) is 2.07. The molecule has 1 aliphatic rings. The van der Waals surface area contributed by atoms with Gasteiger partial charge in [-0.2, -0.15) is 0 Å². The summed E-state index contributed by atoms with van der Waals surface area (Å²) in [6.07, 6.45) is 0. The van der Waals surface area contributed by atoms with E-state index in [-0.39, 0.29) is 12.6 Å². The summed E-state index contributed by atoms with van der Waals surface area (Å²) in [5, 5.41) is 3.05. The van der Waals surface area contributed by atoms with E-state index in [1.54, 1.807) is 0 Å². The van der Waals surface area contributed by atoms with Crippen molar-refractivity contribution in [2.24, 2.45) is 0 Å². The smallest absolute Gasteiger partial charge is 0.331 e. The zero-order valence-corrected chi connectivity index (χ0v) is 9.71. The van der Waals surface area contributed by atoms with Crippen LogP contribution in [-0.2, 0) is 9.53 Å². The number of halogens is 1. The average Bonchev–Trinajstić information content (AvgIpc) is 2.27. The van der Waals surface area contributed by atoms with Crippen LogP contribution in [0.3, 0.4) is 0 Å². The maximum absolute atomic E-state index is 11.3. The summed E-state index contributed by atoms with van der Waals surface area (Å²) in [6.45, 7) is 0.288. The number of esters is 1. The number of hydrogen-bond donors (Lipinski definition) is 1. The Morgan fingerprint density at radius 3 is 3.20 bits per heavy atom. The maximum atomic E-state index is 11.3. The number of anilines is 1. The summed E-state index contributed by atoms with van der Waals surface area (Å²) in [5.41, 5.74) is 0.805. The number of hydrogen-bond acceptors (Lipinski definition) is 4. The van der Waals surface area contributed by atoms with Gasteiger partial charge in [0.25, 0.3) is 0 Å². The number of benzene rings is 1. The summed E-state index contributed by atoms with van der Waals surface area (Å²) in [7, 11) is 1.36. The van der Waals surface area contributed by atoms with Crippen LogP contribution in [0, 0.1) is 0 Å². The van der Waals surface area contributed by atoms with Gasteiger partial charge in [-0.1, -0.05) is 15.9 Å². The maximum Gasteiger partial charge on any atom is 0.331 e. The van der Waals surface area contributed by atoms with Gasteiger partial charge in [-0.05, 0) is 18.2 Å². The van der Waals surface area contributed by atoms with Gasteiger partial charge < -0.3 is 14.8 Å². The molecule has 1 N–H and O–H groups in total. The topological polar surface area (TPSA) is 47.6 Å². The predicted octanol–water partition coefficient (Wildman–Crippen LogP) is 1.79. The van der Waals surface area contributed by atoms with Crippen molar-refractivity contribution in [1.82, 2.24) is 0 Å². The summed E-state index contributed by atoms with van der Waals surface area (Å²) in [4.78, 5) is 11.3. The predicted molar refractivity (Wildman–Crippen MR) is 59.1 cm³/mol. The highest BCUT2D eigenvalue weighted by atomic mass is 79.9. The van der Waals surface area contributed by atoms with Crippen LogP contribution in [-0.4, -0.2) is 25.7 Å². The molecule has 0 aliphatic carbocycles. The van der Waals surface area contributed by atoms with Gasteiger partial charge in [-0.25, -0.2) is 4.79 Å². The monoisotopic (exact) mass is 271 g/mol. The number of fused-ring (bicyclic) bond motifs is 1. The van der Waals surface area contributed by atoms with E-state index in [1.165, 1.54) is 7.11 Å². The first kappa shape index (κ1) is 10.3. The second kappa shape index (κ2) is 4.10. The van der Waals surface area contributed by atoms with Gasteiger partial charge in [0.05, 0.1) is 12.8 Å². The third-order valence-electron chi connectivity index (χ3n) is 2.16. The second-order valence-corrected chi connectivity index (χ2v) is 4.09. The fourth-order valence-electron chi connectivity index (χ4n) is 1.41. The zero-order valence-electron chi connectivity index (χ0n) is 8.12. The van der Waals surface area contributed by atoms with E-state index in [2.05, 4.69) is 26.0 Å². The van der Waals surface area contributed by atoms with Crippen molar-refractivity contribution in [3.05, 3.63) is 22.7 Å². The molecule has 4 nitrogen and oxygen atoms in total. The molecule has 0 saturated carbocycles. The molecular formula is C10H10BrNO3. The number of carbonyl (C=O) groups is 1. The fraction of sp³-hybridized carbons (Fsp3) is 0.300. The van der Waals surface area contributed by atoms with Crippen molar-refractivity contribution in [1.29, 1.82) is 0 Å². The lowest BCUT2D eigenvalue weighted by molar-refractivity contribution is -0.142. The minimum absolute atomic E-state index is 0.288. The first-order valence-electron chi connectivity index (χ1n) is 4.47. The Kier molecular flexibility index (Phi) is 2.81. The molecule has 5 heteroatoms. The molecule has 1 atom stereocenters. The number of carbonyl (C=O) groups excluding carboxylic acids is 1. The second-order valence-electron chi connectivity index (χ2n) is 3.17. The molecule has 0 saturated heterocycles. The van der Waals surface area contributed by atoms with Crippen LogP contribution < -0.4 is 10.1 Å². The quantitative estimate of drug-likeness (QED) is 0.792. The van der Waals surface area contributed by atoms with Crippen molar-refractivity contribution < 1.29 is 14.3 Å². The Balaban J connectivity index is 2.20. The van der Waals surface area contributed by atoms with E-state index in [4.69, 9.17) is 4.74 Å². The lowest BCUT2D eigenvalue weighted by Crippen LogP contribution is -2.39. The SMILES string of the molecule is COC(=O)C1COc2cc(Br)ccc2N1. The lowest BCUT2D eigenvalue weighted by Gasteiger charge is -2.25. The Bertz CT molecular complexity index is 394. The van der Waals surface area contributed by atoms with Gasteiger partial charge in [-0.3, -0.25) is 0 Å². The van der Waals surface area contributed by atoms with Crippen molar-refractivity contribution in [3.63, 3.8) is 0 Å². The summed E-state index contributed by atoms with van der Waals surface area (Å²) in [6, 6.07) is 5.17. The van der Waals surface area contributed by atoms with E-state index < -0.39 is 6.04 Å². The highest BCUT2D eigenvalue weighted by Gasteiger charge is 2.25. The van der Waals surface area contributed by atoms with E-state index in [0.29, 0.717) is 0 Å². The standard InChI is InChI=1S/C10H10BrNO3/c1-14-10(13)8-5-15-9-4-6(11)2-3-7(9)12-8/h2-4,8,12H,5H2,1H3. The lowest BCUT2D eigenvalue weighted by atomic mass is 10.2. The fourth-order valence-corrected chi connectivity index (χ4v) is 1.75. The summed E-state index contributed by atoms with van der Waals surface area (Å²) >= 11 is 3.35. The molecule has 0 spiro atoms. The van der Waals surface area contributed by atoms with Crippen LogP contribution in [0.4, 0.5) is 5.69 Å². The van der Waals surface area contributed by atoms with Crippen molar-refractivity contribution >= 4 is 27.6 Å². The van der Waals surface area contributed by atoms with E-state index in [0.717, 1.165) is 15.9 Å². The number of ether oxygens (including phenoxy) is 2. The average molecular weight is 272 g/mol. The van der Waals surface area contributed by atoms with Crippen LogP contribution >= 0.6 is 15.9 Å². The van der Waals surface area contributed by atoms with Gasteiger partial charge >= 0.3 is 5.97 Å². The van der Waals surface area contributed by atoms with Gasteiger partial charge in [0.15, 0.2) is 6.04 Å². The van der Waals surface area contributed by atoms with Crippen LogP contribution in [0.5, 0.6) is 5.75 Å². The molecule has 1 unspecified atom stereocenters. The number of methoxy groups -OCH3 is 1. The Labute approximate surface area is 95.7 Å². The number of nitrogens with one attached hydrogen (secondary N) is 1. The van der Waals surface area contributed by atoms with Gasteiger partial charge in [0.2, 0.25) is 0 Å². The minimum atomic E-state index is -0.427. The van der Waals surface area contributed by atoms with E-state index in [9.17, 15) is 4.79 Å². The third-order valence-corrected chi connectivity index (χ3v) is 2.66. The van der Waals surface area contributed by atoms with Crippen LogP contribution in [0.2, 0.25) is 0 Å². The summed E-state index contributed by atoms with van der Waals surface area (Å²) < 4.78 is 11.0. The molecule has 80 valence electrons. The Morgan fingerprint density at radius 1 is 1.67 bits per heavy atom. The van der Waals surface area contributed by atoms with E-state index in [1.807, 2.05) is 18.2 Å². The normalized spacial score (nSPS) is 18.4. The van der Waals surface area contributed by atoms with Crippen molar-refractivity contribution in [3.8, 4) is 5.75 Å². The number of rotatable bonds is 1. The van der Waals surface area contributed by atoms with E-state index >= 15 is 0 Å². The first-order chi connectivity index (χ1) is 7.20. The van der Waals surface area contributed by atoms with Crippen LogP contribution in [0.25, 0.3) is 0 Å². The highest BCUT2D eigenvalue weighted by molar-refractivity contribution is 9.10. The molecule has 1 aromatic rings. The molecule has 2 rings (SSSR count). The molecule has 0 radical (unpaired) electrons. The Morgan fingerprint density at radius 2 is 2.47 bits per heavy atom. The molecule has 15 heavy (non-hydrogen) atoms. The molecule has 0 fully saturated rings. The van der Waals surface area contributed by atoms with Crippen molar-refractivity contribution in [2.45, 2.75) is 6.04 Å². The largest absolute Gasteiger partial charge is 0.489 e.